The van der Waals surface area contributed by atoms with Crippen LogP contribution in [0.1, 0.15) is 16.7 Å². The fourth-order valence-corrected chi connectivity index (χ4v) is 3.34. The van der Waals surface area contributed by atoms with Gasteiger partial charge in [0.05, 0.1) is 0 Å². The number of hydrogen-bond donors (Lipinski definition) is 2. The fourth-order valence-electron chi connectivity index (χ4n) is 3.34. The normalized spacial score (nSPS) is 11.0. The van der Waals surface area contributed by atoms with Gasteiger partial charge in [-0.05, 0) is 47.9 Å². The molecule has 0 amide bonds. The van der Waals surface area contributed by atoms with Crippen molar-refractivity contribution in [3.05, 3.63) is 93.7 Å². The molecule has 0 fully saturated rings. The van der Waals surface area contributed by atoms with Crippen molar-refractivity contribution in [2.75, 3.05) is 11.9 Å². The third-order valence-corrected chi connectivity index (χ3v) is 4.94. The highest BCUT2D eigenvalue weighted by atomic mass is 19.1. The Bertz CT molecular complexity index is 1240. The predicted molar refractivity (Wildman–Crippen MR) is 114 cm³/mol. The molecule has 2 aromatic carbocycles. The van der Waals surface area contributed by atoms with Gasteiger partial charge >= 0.3 is 0 Å². The lowest BCUT2D eigenvalue weighted by Gasteiger charge is -2.10. The van der Waals surface area contributed by atoms with E-state index in [1.807, 2.05) is 24.3 Å². The highest BCUT2D eigenvalue weighted by Gasteiger charge is 2.11. The Morgan fingerprint density at radius 3 is 2.47 bits per heavy atom. The first-order valence-electron chi connectivity index (χ1n) is 9.60. The summed E-state index contributed by atoms with van der Waals surface area (Å²) in [5, 5.41) is 12.9. The number of halogens is 1. The van der Waals surface area contributed by atoms with Crippen LogP contribution >= 0.6 is 0 Å². The quantitative estimate of drug-likeness (QED) is 0.515. The van der Waals surface area contributed by atoms with Gasteiger partial charge in [0.2, 0.25) is 5.95 Å². The Morgan fingerprint density at radius 1 is 1.07 bits per heavy atom. The maximum atomic E-state index is 13.1. The monoisotopic (exact) mass is 404 g/mol. The second kappa shape index (κ2) is 8.42. The lowest BCUT2D eigenvalue weighted by atomic mass is 10.1. The lowest BCUT2D eigenvalue weighted by molar-refractivity contribution is 0.299. The molecule has 0 saturated heterocycles. The zero-order chi connectivity index (χ0) is 21.1. The maximum absolute atomic E-state index is 13.1. The molecule has 0 saturated carbocycles. The van der Waals surface area contributed by atoms with E-state index in [1.165, 1.54) is 16.7 Å². The number of aromatic nitrogens is 3. The van der Waals surface area contributed by atoms with Gasteiger partial charge in [0.15, 0.2) is 0 Å². The molecule has 152 valence electrons. The van der Waals surface area contributed by atoms with Crippen molar-refractivity contribution >= 4 is 22.7 Å². The molecule has 0 bridgehead atoms. The van der Waals surface area contributed by atoms with E-state index in [4.69, 9.17) is 5.11 Å². The lowest BCUT2D eigenvalue weighted by Crippen LogP contribution is -2.22. The standard InChI is InChI=1S/C23H21FN4O2/c1-28-21-18(13-17(22(28)30)12-16-2-6-19(24)7-3-16)14-25-23(27-21)26-20-8-4-15(5-9-20)10-11-29/h2-9,13-14,29H,10-12H2,1H3,(H,25,26,27). The summed E-state index contributed by atoms with van der Waals surface area (Å²) in [5.74, 6) is 0.0836. The topological polar surface area (TPSA) is 80.0 Å². The third kappa shape index (κ3) is 4.21. The van der Waals surface area contributed by atoms with E-state index in [-0.39, 0.29) is 18.0 Å². The van der Waals surface area contributed by atoms with Crippen molar-refractivity contribution < 1.29 is 9.50 Å². The second-order valence-electron chi connectivity index (χ2n) is 7.11. The number of aliphatic hydroxyl groups excluding tert-OH is 1. The molecule has 7 heteroatoms. The van der Waals surface area contributed by atoms with Crippen LogP contribution in [0.5, 0.6) is 0 Å². The molecule has 2 N–H and O–H groups in total. The second-order valence-corrected chi connectivity index (χ2v) is 7.11. The van der Waals surface area contributed by atoms with Crippen LogP contribution in [-0.2, 0) is 19.9 Å². The molecule has 2 aromatic heterocycles. The molecule has 0 aliphatic rings. The van der Waals surface area contributed by atoms with Gasteiger partial charge in [-0.1, -0.05) is 24.3 Å². The summed E-state index contributed by atoms with van der Waals surface area (Å²) in [6.07, 6.45) is 2.69. The van der Waals surface area contributed by atoms with E-state index in [1.54, 1.807) is 31.4 Å². The average molecular weight is 404 g/mol. The van der Waals surface area contributed by atoms with E-state index in [9.17, 15) is 9.18 Å². The zero-order valence-corrected chi connectivity index (χ0v) is 16.5. The summed E-state index contributed by atoms with van der Waals surface area (Å²) in [5.41, 5.74) is 3.69. The van der Waals surface area contributed by atoms with Crippen molar-refractivity contribution in [1.82, 2.24) is 14.5 Å². The molecule has 0 unspecified atom stereocenters. The number of hydrogen-bond acceptors (Lipinski definition) is 5. The molecule has 0 spiro atoms. The van der Waals surface area contributed by atoms with Crippen molar-refractivity contribution in [2.45, 2.75) is 12.8 Å². The highest BCUT2D eigenvalue weighted by molar-refractivity contribution is 5.76. The smallest absolute Gasteiger partial charge is 0.255 e. The Hall–Kier alpha value is -3.58. The first-order chi connectivity index (χ1) is 14.5. The molecule has 0 aliphatic heterocycles. The minimum atomic E-state index is -0.304. The molecule has 0 aliphatic carbocycles. The Morgan fingerprint density at radius 2 is 1.77 bits per heavy atom. The number of aliphatic hydroxyl groups is 1. The molecule has 4 rings (SSSR count). The van der Waals surface area contributed by atoms with Gasteiger partial charge in [0.25, 0.3) is 5.56 Å². The fraction of sp³-hybridized carbons (Fsp3) is 0.174. The number of nitrogens with zero attached hydrogens (tertiary/aromatic N) is 3. The minimum absolute atomic E-state index is 0.109. The van der Waals surface area contributed by atoms with Crippen molar-refractivity contribution in [3.8, 4) is 0 Å². The van der Waals surface area contributed by atoms with Crippen LogP contribution in [0, 0.1) is 5.82 Å². The van der Waals surface area contributed by atoms with Crippen LogP contribution in [0.25, 0.3) is 11.0 Å². The summed E-state index contributed by atoms with van der Waals surface area (Å²) in [4.78, 5) is 21.7. The first-order valence-corrected chi connectivity index (χ1v) is 9.60. The molecule has 4 aromatic rings. The van der Waals surface area contributed by atoms with Crippen LogP contribution in [0.4, 0.5) is 16.0 Å². The van der Waals surface area contributed by atoms with Gasteiger partial charge in [-0.2, -0.15) is 4.98 Å². The molecule has 0 atom stereocenters. The summed E-state index contributed by atoms with van der Waals surface area (Å²) in [7, 11) is 1.68. The summed E-state index contributed by atoms with van der Waals surface area (Å²) in [6.45, 7) is 0.109. The molecular formula is C23H21FN4O2. The largest absolute Gasteiger partial charge is 0.396 e. The van der Waals surface area contributed by atoms with Gasteiger partial charge < -0.3 is 10.4 Å². The predicted octanol–water partition coefficient (Wildman–Crippen LogP) is 3.34. The Kier molecular flexibility index (Phi) is 5.54. The van der Waals surface area contributed by atoms with E-state index in [2.05, 4.69) is 15.3 Å². The Balaban J connectivity index is 1.62. The van der Waals surface area contributed by atoms with Crippen LogP contribution < -0.4 is 10.9 Å². The van der Waals surface area contributed by atoms with E-state index < -0.39 is 0 Å². The van der Waals surface area contributed by atoms with E-state index >= 15 is 0 Å². The van der Waals surface area contributed by atoms with Gasteiger partial charge in [-0.3, -0.25) is 9.36 Å². The van der Waals surface area contributed by atoms with Crippen LogP contribution in [0.2, 0.25) is 0 Å². The highest BCUT2D eigenvalue weighted by Crippen LogP contribution is 2.18. The third-order valence-electron chi connectivity index (χ3n) is 4.94. The first kappa shape index (κ1) is 19.7. The zero-order valence-electron chi connectivity index (χ0n) is 16.5. The SMILES string of the molecule is Cn1c(=O)c(Cc2ccc(F)cc2)cc2cnc(Nc3ccc(CCO)cc3)nc21. The number of anilines is 2. The average Bonchev–Trinajstić information content (AvgIpc) is 2.75. The number of aryl methyl sites for hydroxylation is 1. The summed E-state index contributed by atoms with van der Waals surface area (Å²) >= 11 is 0. The van der Waals surface area contributed by atoms with Crippen molar-refractivity contribution in [3.63, 3.8) is 0 Å². The van der Waals surface area contributed by atoms with Crippen LogP contribution in [-0.4, -0.2) is 26.2 Å². The van der Waals surface area contributed by atoms with Crippen LogP contribution in [0.15, 0.2) is 65.6 Å². The molecule has 30 heavy (non-hydrogen) atoms. The van der Waals surface area contributed by atoms with Crippen molar-refractivity contribution in [2.24, 2.45) is 7.05 Å². The number of nitrogens with one attached hydrogen (secondary N) is 1. The molecular weight excluding hydrogens is 383 g/mol. The summed E-state index contributed by atoms with van der Waals surface area (Å²) < 4.78 is 14.6. The van der Waals surface area contributed by atoms with E-state index in [0.717, 1.165) is 22.2 Å². The van der Waals surface area contributed by atoms with Gasteiger partial charge in [-0.25, -0.2) is 9.37 Å². The summed E-state index contributed by atoms with van der Waals surface area (Å²) in [6, 6.07) is 15.6. The number of pyridine rings is 1. The van der Waals surface area contributed by atoms with E-state index in [0.29, 0.717) is 30.0 Å². The minimum Gasteiger partial charge on any atom is -0.396 e. The molecule has 0 radical (unpaired) electrons. The van der Waals surface area contributed by atoms with Crippen molar-refractivity contribution in [1.29, 1.82) is 0 Å². The molecule has 2 heterocycles. The Labute approximate surface area is 172 Å². The number of benzene rings is 2. The molecule has 6 nitrogen and oxygen atoms in total. The van der Waals surface area contributed by atoms with Crippen LogP contribution in [0.3, 0.4) is 0 Å². The maximum Gasteiger partial charge on any atom is 0.255 e. The van der Waals surface area contributed by atoms with Gasteiger partial charge in [0.1, 0.15) is 11.5 Å². The number of fused-ring (bicyclic) bond motifs is 1. The van der Waals surface area contributed by atoms with Gasteiger partial charge in [0, 0.05) is 42.9 Å². The number of rotatable bonds is 6. The van der Waals surface area contributed by atoms with Gasteiger partial charge in [-0.15, -0.1) is 0 Å².